The van der Waals surface area contributed by atoms with Crippen LogP contribution in [-0.4, -0.2) is 29.9 Å². The van der Waals surface area contributed by atoms with E-state index in [0.29, 0.717) is 19.8 Å². The average molecular weight is 327 g/mol. The molecule has 0 amide bonds. The van der Waals surface area contributed by atoms with E-state index < -0.39 is 6.10 Å². The second kappa shape index (κ2) is 12.0. The number of nitrogens with zero attached hydrogens (tertiary/aromatic N) is 1. The smallest absolute Gasteiger partial charge is 0.119 e. The number of hydrogen-bond acceptors (Lipinski definition) is 4. The van der Waals surface area contributed by atoms with Gasteiger partial charge in [-0.05, 0) is 30.7 Å². The van der Waals surface area contributed by atoms with Crippen molar-refractivity contribution >= 4 is 0 Å². The Hall–Kier alpha value is -2.43. The van der Waals surface area contributed by atoms with Crippen LogP contribution < -0.4 is 4.74 Å². The summed E-state index contributed by atoms with van der Waals surface area (Å²) in [5.74, 6) is 0.814. The highest BCUT2D eigenvalue weighted by Gasteiger charge is 2.09. The Morgan fingerprint density at radius 2 is 1.75 bits per heavy atom. The lowest BCUT2D eigenvalue weighted by molar-refractivity contribution is 0.194. The zero-order valence-corrected chi connectivity index (χ0v) is 14.1. The maximum absolute atomic E-state index is 10.1. The topological polar surface area (TPSA) is 51.6 Å². The lowest BCUT2D eigenvalue weighted by Gasteiger charge is -2.11. The maximum Gasteiger partial charge on any atom is 0.119 e. The lowest BCUT2D eigenvalue weighted by atomic mass is 10.0. The van der Waals surface area contributed by atoms with Gasteiger partial charge in [0.05, 0.1) is 19.8 Å². The molecule has 0 aliphatic rings. The van der Waals surface area contributed by atoms with Gasteiger partial charge in [-0.1, -0.05) is 30.4 Å². The molecular weight excluding hydrogens is 302 g/mol. The Kier molecular flexibility index (Phi) is 9.85. The molecule has 1 N–H and O–H groups in total. The number of hydrogen-bond donors (Lipinski definition) is 1. The molecule has 0 saturated carbocycles. The molecule has 2 aromatic rings. The summed E-state index contributed by atoms with van der Waals surface area (Å²) < 4.78 is 10.2. The molecule has 4 nitrogen and oxygen atoms in total. The second-order valence-corrected chi connectivity index (χ2v) is 4.81. The van der Waals surface area contributed by atoms with Gasteiger partial charge in [0.25, 0.3) is 0 Å². The zero-order valence-electron chi connectivity index (χ0n) is 14.1. The van der Waals surface area contributed by atoms with E-state index in [0.717, 1.165) is 16.9 Å². The van der Waals surface area contributed by atoms with Crippen molar-refractivity contribution < 1.29 is 14.6 Å². The molecule has 24 heavy (non-hydrogen) atoms. The molecule has 1 atom stereocenters. The molecule has 1 aromatic carbocycles. The molecule has 128 valence electrons. The van der Waals surface area contributed by atoms with Crippen LogP contribution in [0.3, 0.4) is 0 Å². The first-order chi connectivity index (χ1) is 11.7. The monoisotopic (exact) mass is 327 g/mol. The average Bonchev–Trinajstić information content (AvgIpc) is 2.64. The zero-order chi connectivity index (χ0) is 17.6. The van der Waals surface area contributed by atoms with Gasteiger partial charge in [0.15, 0.2) is 0 Å². The quantitative estimate of drug-likeness (QED) is 0.589. The summed E-state index contributed by atoms with van der Waals surface area (Å²) in [5, 5.41) is 10.1. The van der Waals surface area contributed by atoms with Crippen molar-refractivity contribution in [1.29, 1.82) is 0 Å². The van der Waals surface area contributed by atoms with Gasteiger partial charge < -0.3 is 14.6 Å². The molecule has 0 aliphatic heterocycles. The molecular formula is C20H25NO3. The van der Waals surface area contributed by atoms with Gasteiger partial charge in [0, 0.05) is 18.0 Å². The summed E-state index contributed by atoms with van der Waals surface area (Å²) in [6.07, 6.45) is 6.14. The number of aliphatic hydroxyl groups is 1. The van der Waals surface area contributed by atoms with Crippen molar-refractivity contribution in [2.24, 2.45) is 0 Å². The molecule has 0 spiro atoms. The summed E-state index contributed by atoms with van der Waals surface area (Å²) in [7, 11) is 0. The summed E-state index contributed by atoms with van der Waals surface area (Å²) >= 11 is 0. The van der Waals surface area contributed by atoms with Gasteiger partial charge in [0.1, 0.15) is 11.9 Å². The van der Waals surface area contributed by atoms with E-state index in [-0.39, 0.29) is 0 Å². The van der Waals surface area contributed by atoms with Crippen LogP contribution in [0.2, 0.25) is 0 Å². The molecule has 1 unspecified atom stereocenters. The van der Waals surface area contributed by atoms with E-state index in [1.165, 1.54) is 0 Å². The van der Waals surface area contributed by atoms with Crippen LogP contribution in [0, 0.1) is 0 Å². The van der Waals surface area contributed by atoms with Crippen LogP contribution in [0.1, 0.15) is 24.2 Å². The predicted octanol–water partition coefficient (Wildman–Crippen LogP) is 3.94. The van der Waals surface area contributed by atoms with E-state index in [4.69, 9.17) is 9.47 Å². The van der Waals surface area contributed by atoms with E-state index in [1.54, 1.807) is 24.5 Å². The Balaban J connectivity index is 0.000000351. The molecule has 0 saturated heterocycles. The summed E-state index contributed by atoms with van der Waals surface area (Å²) in [6, 6.07) is 11.1. The third-order valence-corrected chi connectivity index (χ3v) is 2.98. The van der Waals surface area contributed by atoms with Gasteiger partial charge >= 0.3 is 0 Å². The normalized spacial score (nSPS) is 10.9. The van der Waals surface area contributed by atoms with Crippen molar-refractivity contribution in [3.05, 3.63) is 85.2 Å². The first kappa shape index (κ1) is 19.6. The second-order valence-electron chi connectivity index (χ2n) is 4.81. The molecule has 0 radical (unpaired) electrons. The molecule has 2 rings (SSSR count). The minimum absolute atomic E-state index is 0.617. The largest absolute Gasteiger partial charge is 0.494 e. The standard InChI is InChI=1S/C14H15NO2.C6H10O/c1-2-17-13-7-5-11(6-8-13)14(16)12-4-3-9-15-10-12;1-3-5-7-6-4-2/h3-10,14,16H,2H2,1H3;3-4H,1-2,5-6H2. The van der Waals surface area contributed by atoms with Crippen molar-refractivity contribution in [1.82, 2.24) is 4.98 Å². The fraction of sp³-hybridized carbons (Fsp3) is 0.250. The highest BCUT2D eigenvalue weighted by atomic mass is 16.5. The van der Waals surface area contributed by atoms with Crippen LogP contribution in [0.25, 0.3) is 0 Å². The predicted molar refractivity (Wildman–Crippen MR) is 97.1 cm³/mol. The van der Waals surface area contributed by atoms with E-state index in [2.05, 4.69) is 18.1 Å². The molecule has 1 aromatic heterocycles. The van der Waals surface area contributed by atoms with Crippen molar-refractivity contribution in [2.75, 3.05) is 19.8 Å². The van der Waals surface area contributed by atoms with Crippen molar-refractivity contribution in [3.8, 4) is 5.75 Å². The van der Waals surface area contributed by atoms with Crippen LogP contribution >= 0.6 is 0 Å². The molecule has 0 bridgehead atoms. The van der Waals surface area contributed by atoms with Gasteiger partial charge in [-0.3, -0.25) is 4.98 Å². The van der Waals surface area contributed by atoms with Crippen LogP contribution in [0.15, 0.2) is 74.1 Å². The lowest BCUT2D eigenvalue weighted by Crippen LogP contribution is -2.00. The van der Waals surface area contributed by atoms with Gasteiger partial charge in [0.2, 0.25) is 0 Å². The molecule has 0 aliphatic carbocycles. The first-order valence-corrected chi connectivity index (χ1v) is 7.83. The van der Waals surface area contributed by atoms with Gasteiger partial charge in [-0.15, -0.1) is 13.2 Å². The summed E-state index contributed by atoms with van der Waals surface area (Å²) in [4.78, 5) is 3.99. The molecule has 4 heteroatoms. The fourth-order valence-electron chi connectivity index (χ4n) is 1.88. The van der Waals surface area contributed by atoms with Gasteiger partial charge in [-0.2, -0.15) is 0 Å². The number of aromatic nitrogens is 1. The number of benzene rings is 1. The number of ether oxygens (including phenoxy) is 2. The Bertz CT molecular complexity index is 574. The van der Waals surface area contributed by atoms with E-state index >= 15 is 0 Å². The number of rotatable bonds is 8. The molecule has 0 fully saturated rings. The van der Waals surface area contributed by atoms with Crippen molar-refractivity contribution in [2.45, 2.75) is 13.0 Å². The van der Waals surface area contributed by atoms with Crippen molar-refractivity contribution in [3.63, 3.8) is 0 Å². The number of aliphatic hydroxyl groups excluding tert-OH is 1. The van der Waals surface area contributed by atoms with Crippen LogP contribution in [0.4, 0.5) is 0 Å². The molecule has 1 heterocycles. The SMILES string of the molecule is C=CCOCC=C.CCOc1ccc(C(O)c2cccnc2)cc1. The van der Waals surface area contributed by atoms with E-state index in [1.807, 2.05) is 43.3 Å². The minimum atomic E-state index is -0.639. The summed E-state index contributed by atoms with van der Waals surface area (Å²) in [5.41, 5.74) is 1.62. The van der Waals surface area contributed by atoms with Crippen LogP contribution in [0.5, 0.6) is 5.75 Å². The Labute approximate surface area is 144 Å². The fourth-order valence-corrected chi connectivity index (χ4v) is 1.88. The van der Waals surface area contributed by atoms with Gasteiger partial charge in [-0.25, -0.2) is 0 Å². The Morgan fingerprint density at radius 3 is 2.25 bits per heavy atom. The van der Waals surface area contributed by atoms with Crippen LogP contribution in [-0.2, 0) is 4.74 Å². The van der Waals surface area contributed by atoms with E-state index in [9.17, 15) is 5.11 Å². The highest BCUT2D eigenvalue weighted by Crippen LogP contribution is 2.23. The Morgan fingerprint density at radius 1 is 1.08 bits per heavy atom. The number of pyridine rings is 1. The highest BCUT2D eigenvalue weighted by molar-refractivity contribution is 5.33. The summed E-state index contributed by atoms with van der Waals surface area (Å²) in [6.45, 7) is 10.8. The third kappa shape index (κ3) is 7.22. The third-order valence-electron chi connectivity index (χ3n) is 2.98. The maximum atomic E-state index is 10.1. The minimum Gasteiger partial charge on any atom is -0.494 e. The first-order valence-electron chi connectivity index (χ1n) is 7.83.